The molecule has 0 aliphatic rings. The molecule has 0 fully saturated rings. The van der Waals surface area contributed by atoms with Gasteiger partial charge >= 0.3 is 0 Å². The van der Waals surface area contributed by atoms with Crippen LogP contribution in [-0.4, -0.2) is 14.8 Å². The Morgan fingerprint density at radius 1 is 1.00 bits per heavy atom. The molecule has 0 bridgehead atoms. The van der Waals surface area contributed by atoms with Crippen LogP contribution in [0.3, 0.4) is 0 Å². The Hall–Kier alpha value is -2.21. The van der Waals surface area contributed by atoms with E-state index in [0.717, 1.165) is 5.56 Å². The lowest BCUT2D eigenvalue weighted by atomic mass is 10.2. The van der Waals surface area contributed by atoms with Gasteiger partial charge in [-0.3, -0.25) is 0 Å². The summed E-state index contributed by atoms with van der Waals surface area (Å²) in [5.74, 6) is 0.606. The molecule has 0 aliphatic heterocycles. The summed E-state index contributed by atoms with van der Waals surface area (Å²) in [6.45, 7) is 0. The Labute approximate surface area is 131 Å². The van der Waals surface area contributed by atoms with Crippen molar-refractivity contribution in [2.45, 2.75) is 10.9 Å². The van der Waals surface area contributed by atoms with Crippen LogP contribution in [-0.2, 0) is 12.8 Å². The van der Waals surface area contributed by atoms with Gasteiger partial charge in [0.05, 0.1) is 0 Å². The van der Waals surface area contributed by atoms with E-state index in [-0.39, 0.29) is 11.6 Å². The number of nitrogens with zero attached hydrogens (tertiary/aromatic N) is 3. The zero-order chi connectivity index (χ0) is 15.5. The Morgan fingerprint density at radius 3 is 2.45 bits per heavy atom. The first-order valence-electron chi connectivity index (χ1n) is 6.66. The van der Waals surface area contributed by atoms with Crippen LogP contribution in [0.2, 0.25) is 0 Å². The molecule has 0 atom stereocenters. The second-order valence-corrected chi connectivity index (χ2v) is 5.69. The van der Waals surface area contributed by atoms with Gasteiger partial charge in [0, 0.05) is 18.4 Å². The summed E-state index contributed by atoms with van der Waals surface area (Å²) in [7, 11) is 1.84. The van der Waals surface area contributed by atoms with Crippen molar-refractivity contribution in [3.63, 3.8) is 0 Å². The highest BCUT2D eigenvalue weighted by atomic mass is 32.2. The summed E-state index contributed by atoms with van der Waals surface area (Å²) < 4.78 is 28.4. The highest BCUT2D eigenvalue weighted by Crippen LogP contribution is 2.26. The molecule has 0 saturated carbocycles. The van der Waals surface area contributed by atoms with E-state index in [1.165, 1.54) is 30.0 Å². The molecule has 0 radical (unpaired) electrons. The van der Waals surface area contributed by atoms with Gasteiger partial charge in [0.15, 0.2) is 11.0 Å². The largest absolute Gasteiger partial charge is 0.305 e. The summed E-state index contributed by atoms with van der Waals surface area (Å²) in [6, 6.07) is 12.7. The van der Waals surface area contributed by atoms with E-state index in [2.05, 4.69) is 10.2 Å². The highest BCUT2D eigenvalue weighted by molar-refractivity contribution is 7.98. The standard InChI is InChI=1S/C16H13F2N3S/c1-21-15(11-6-8-13(17)9-7-11)19-20-16(21)22-10-12-4-2-3-5-14(12)18/h2-9H,10H2,1H3. The van der Waals surface area contributed by atoms with Gasteiger partial charge in [-0.15, -0.1) is 10.2 Å². The highest BCUT2D eigenvalue weighted by Gasteiger charge is 2.12. The van der Waals surface area contributed by atoms with Gasteiger partial charge in [-0.05, 0) is 35.9 Å². The molecule has 3 rings (SSSR count). The van der Waals surface area contributed by atoms with Crippen molar-refractivity contribution in [1.29, 1.82) is 0 Å². The zero-order valence-corrected chi connectivity index (χ0v) is 12.6. The lowest BCUT2D eigenvalue weighted by Crippen LogP contribution is -1.95. The van der Waals surface area contributed by atoms with Crippen molar-refractivity contribution in [3.05, 3.63) is 65.7 Å². The molecule has 3 nitrogen and oxygen atoms in total. The fraction of sp³-hybridized carbons (Fsp3) is 0.125. The maximum Gasteiger partial charge on any atom is 0.191 e. The molecule has 1 aromatic heterocycles. The SMILES string of the molecule is Cn1c(SCc2ccccc2F)nnc1-c1ccc(F)cc1. The summed E-state index contributed by atoms with van der Waals surface area (Å²) in [6.07, 6.45) is 0. The third-order valence-electron chi connectivity index (χ3n) is 3.25. The number of hydrogen-bond acceptors (Lipinski definition) is 3. The van der Waals surface area contributed by atoms with E-state index < -0.39 is 0 Å². The van der Waals surface area contributed by atoms with Crippen LogP contribution in [0.15, 0.2) is 53.7 Å². The smallest absolute Gasteiger partial charge is 0.191 e. The van der Waals surface area contributed by atoms with Gasteiger partial charge in [-0.2, -0.15) is 0 Å². The van der Waals surface area contributed by atoms with Crippen LogP contribution >= 0.6 is 11.8 Å². The average molecular weight is 317 g/mol. The molecule has 1 heterocycles. The van der Waals surface area contributed by atoms with Crippen LogP contribution in [0.5, 0.6) is 0 Å². The van der Waals surface area contributed by atoms with Crippen molar-refractivity contribution in [1.82, 2.24) is 14.8 Å². The normalized spacial score (nSPS) is 10.9. The predicted molar refractivity (Wildman–Crippen MR) is 82.4 cm³/mol. The molecular weight excluding hydrogens is 304 g/mol. The quantitative estimate of drug-likeness (QED) is 0.680. The van der Waals surface area contributed by atoms with Crippen molar-refractivity contribution in [2.24, 2.45) is 7.05 Å². The molecule has 0 N–H and O–H groups in total. The minimum absolute atomic E-state index is 0.226. The first-order chi connectivity index (χ1) is 10.6. The van der Waals surface area contributed by atoms with Crippen molar-refractivity contribution in [3.8, 4) is 11.4 Å². The fourth-order valence-corrected chi connectivity index (χ4v) is 2.95. The monoisotopic (exact) mass is 317 g/mol. The van der Waals surface area contributed by atoms with Crippen LogP contribution in [0.25, 0.3) is 11.4 Å². The van der Waals surface area contributed by atoms with Crippen LogP contribution in [0.4, 0.5) is 8.78 Å². The fourth-order valence-electron chi connectivity index (χ4n) is 2.05. The molecule has 0 amide bonds. The van der Waals surface area contributed by atoms with Crippen molar-refractivity contribution < 1.29 is 8.78 Å². The topological polar surface area (TPSA) is 30.7 Å². The average Bonchev–Trinajstić information content (AvgIpc) is 2.88. The maximum absolute atomic E-state index is 13.6. The van der Waals surface area contributed by atoms with E-state index in [0.29, 0.717) is 22.3 Å². The first-order valence-corrected chi connectivity index (χ1v) is 7.65. The number of hydrogen-bond donors (Lipinski definition) is 0. The Kier molecular flexibility index (Phi) is 4.20. The number of thioether (sulfide) groups is 1. The van der Waals surface area contributed by atoms with Crippen LogP contribution in [0.1, 0.15) is 5.56 Å². The minimum Gasteiger partial charge on any atom is -0.305 e. The number of halogens is 2. The Bertz CT molecular complexity index is 784. The van der Waals surface area contributed by atoms with Crippen LogP contribution < -0.4 is 0 Å². The van der Waals surface area contributed by atoms with Gasteiger partial charge in [0.1, 0.15) is 11.6 Å². The third-order valence-corrected chi connectivity index (χ3v) is 4.32. The molecule has 0 unspecified atom stereocenters. The molecule has 0 saturated heterocycles. The van der Waals surface area contributed by atoms with Crippen molar-refractivity contribution in [2.75, 3.05) is 0 Å². The second-order valence-electron chi connectivity index (χ2n) is 4.75. The summed E-state index contributed by atoms with van der Waals surface area (Å²) in [4.78, 5) is 0. The van der Waals surface area contributed by atoms with Gasteiger partial charge < -0.3 is 4.57 Å². The van der Waals surface area contributed by atoms with Gasteiger partial charge in [-0.1, -0.05) is 30.0 Å². The number of rotatable bonds is 4. The molecule has 0 spiro atoms. The predicted octanol–water partition coefficient (Wildman–Crippen LogP) is 4.05. The Balaban J connectivity index is 1.79. The first kappa shape index (κ1) is 14.7. The van der Waals surface area contributed by atoms with Gasteiger partial charge in [0.25, 0.3) is 0 Å². The lowest BCUT2D eigenvalue weighted by molar-refractivity contribution is 0.617. The molecule has 6 heteroatoms. The Morgan fingerprint density at radius 2 is 1.73 bits per heavy atom. The third kappa shape index (κ3) is 3.01. The van der Waals surface area contributed by atoms with E-state index in [1.807, 2.05) is 11.6 Å². The molecule has 2 aromatic carbocycles. The molecule has 3 aromatic rings. The van der Waals surface area contributed by atoms with Gasteiger partial charge in [0.2, 0.25) is 0 Å². The summed E-state index contributed by atoms with van der Waals surface area (Å²) in [5.41, 5.74) is 1.41. The van der Waals surface area contributed by atoms with Crippen molar-refractivity contribution >= 4 is 11.8 Å². The van der Waals surface area contributed by atoms with Gasteiger partial charge in [-0.25, -0.2) is 8.78 Å². The number of benzene rings is 2. The molecule has 22 heavy (non-hydrogen) atoms. The lowest BCUT2D eigenvalue weighted by Gasteiger charge is -2.04. The molecule has 112 valence electrons. The van der Waals surface area contributed by atoms with E-state index in [1.54, 1.807) is 30.3 Å². The van der Waals surface area contributed by atoms with E-state index in [9.17, 15) is 8.78 Å². The molecule has 0 aliphatic carbocycles. The van der Waals surface area contributed by atoms with E-state index in [4.69, 9.17) is 0 Å². The second kappa shape index (κ2) is 6.27. The summed E-state index contributed by atoms with van der Waals surface area (Å²) >= 11 is 1.41. The minimum atomic E-state index is -0.292. The zero-order valence-electron chi connectivity index (χ0n) is 11.8. The summed E-state index contributed by atoms with van der Waals surface area (Å²) in [5, 5.41) is 8.93. The maximum atomic E-state index is 13.6. The number of aromatic nitrogens is 3. The molecular formula is C16H13F2N3S. The van der Waals surface area contributed by atoms with E-state index >= 15 is 0 Å². The van der Waals surface area contributed by atoms with Crippen LogP contribution in [0, 0.1) is 11.6 Å².